The first-order chi connectivity index (χ1) is 9.88. The van der Waals surface area contributed by atoms with Crippen molar-refractivity contribution in [2.75, 3.05) is 5.32 Å². The Morgan fingerprint density at radius 1 is 1.29 bits per heavy atom. The normalized spacial score (nSPS) is 10.2. The average molecular weight is 325 g/mol. The number of carbonyl (C=O) groups excluding carboxylic acids is 1. The Kier molecular flexibility index (Phi) is 4.40. The molecule has 0 atom stereocenters. The first-order valence-electron chi connectivity index (χ1n) is 5.77. The molecule has 0 saturated carbocycles. The minimum atomic E-state index is -0.676. The van der Waals surface area contributed by atoms with Gasteiger partial charge in [0, 0.05) is 5.56 Å². The van der Waals surface area contributed by atoms with E-state index in [1.165, 1.54) is 30.3 Å². The number of phenolic OH excluding ortho intramolecular Hbond substituents is 1. The largest absolute Gasteiger partial charge is 0.508 e. The smallest absolute Gasteiger partial charge is 0.257 e. The first kappa shape index (κ1) is 15.2. The molecule has 21 heavy (non-hydrogen) atoms. The lowest BCUT2D eigenvalue weighted by molar-refractivity contribution is 0.102. The van der Waals surface area contributed by atoms with Crippen LogP contribution < -0.4 is 11.1 Å². The Balaban J connectivity index is 2.27. The van der Waals surface area contributed by atoms with Crippen LogP contribution >= 0.6 is 23.8 Å². The van der Waals surface area contributed by atoms with E-state index in [0.717, 1.165) is 6.07 Å². The number of rotatable bonds is 3. The van der Waals surface area contributed by atoms with Gasteiger partial charge in [-0.05, 0) is 36.4 Å². The van der Waals surface area contributed by atoms with Crippen molar-refractivity contribution in [2.45, 2.75) is 0 Å². The summed E-state index contributed by atoms with van der Waals surface area (Å²) >= 11 is 10.6. The standard InChI is InChI=1S/C14H10ClFN2O2S/c15-10-3-2-8(19)6-9(10)14(20)18-12-4-1-7(13(17)21)5-11(12)16/h1-6,19H,(H2,17,21)(H,18,20). The summed E-state index contributed by atoms with van der Waals surface area (Å²) < 4.78 is 13.9. The number of aromatic hydroxyl groups is 1. The number of halogens is 2. The molecule has 4 N–H and O–H groups in total. The number of hydrogen-bond acceptors (Lipinski definition) is 3. The number of carbonyl (C=O) groups is 1. The summed E-state index contributed by atoms with van der Waals surface area (Å²) in [5.41, 5.74) is 5.75. The van der Waals surface area contributed by atoms with E-state index in [1.807, 2.05) is 0 Å². The fraction of sp³-hybridized carbons (Fsp3) is 0. The van der Waals surface area contributed by atoms with Crippen LogP contribution in [0.3, 0.4) is 0 Å². The molecule has 0 radical (unpaired) electrons. The number of nitrogens with two attached hydrogens (primary N) is 1. The van der Waals surface area contributed by atoms with Gasteiger partial charge in [0.1, 0.15) is 16.6 Å². The maximum atomic E-state index is 13.9. The second-order valence-electron chi connectivity index (χ2n) is 4.18. The highest BCUT2D eigenvalue weighted by Crippen LogP contribution is 2.23. The molecule has 0 saturated heterocycles. The SMILES string of the molecule is NC(=S)c1ccc(NC(=O)c2cc(O)ccc2Cl)c(F)c1. The molecule has 4 nitrogen and oxygen atoms in total. The van der Waals surface area contributed by atoms with Crippen LogP contribution in [0.1, 0.15) is 15.9 Å². The molecular formula is C14H10ClFN2O2S. The van der Waals surface area contributed by atoms with Gasteiger partial charge in [0.15, 0.2) is 0 Å². The van der Waals surface area contributed by atoms with Gasteiger partial charge in [0.25, 0.3) is 5.91 Å². The van der Waals surface area contributed by atoms with Crippen LogP contribution in [-0.2, 0) is 0 Å². The number of amides is 1. The summed E-state index contributed by atoms with van der Waals surface area (Å²) in [5, 5.41) is 11.9. The van der Waals surface area contributed by atoms with Gasteiger partial charge in [-0.2, -0.15) is 0 Å². The van der Waals surface area contributed by atoms with Crippen LogP contribution in [0.15, 0.2) is 36.4 Å². The second-order valence-corrected chi connectivity index (χ2v) is 5.02. The van der Waals surface area contributed by atoms with E-state index < -0.39 is 11.7 Å². The third kappa shape index (κ3) is 3.48. The maximum Gasteiger partial charge on any atom is 0.257 e. The van der Waals surface area contributed by atoms with Crippen LogP contribution in [0.5, 0.6) is 5.75 Å². The third-order valence-electron chi connectivity index (χ3n) is 2.70. The van der Waals surface area contributed by atoms with Crippen molar-refractivity contribution in [3.8, 4) is 5.75 Å². The molecule has 0 spiro atoms. The zero-order valence-corrected chi connectivity index (χ0v) is 12.1. The van der Waals surface area contributed by atoms with E-state index >= 15 is 0 Å². The Bertz CT molecular complexity index is 737. The highest BCUT2D eigenvalue weighted by atomic mass is 35.5. The maximum absolute atomic E-state index is 13.9. The van der Waals surface area contributed by atoms with E-state index in [1.54, 1.807) is 0 Å². The third-order valence-corrected chi connectivity index (χ3v) is 3.26. The molecular weight excluding hydrogens is 315 g/mol. The van der Waals surface area contributed by atoms with Crippen LogP contribution in [0.25, 0.3) is 0 Å². The lowest BCUT2D eigenvalue weighted by Gasteiger charge is -2.09. The van der Waals surface area contributed by atoms with Crippen molar-refractivity contribution >= 4 is 40.4 Å². The molecule has 0 aliphatic carbocycles. The molecule has 2 aromatic rings. The number of anilines is 1. The molecule has 0 aliphatic rings. The first-order valence-corrected chi connectivity index (χ1v) is 6.56. The molecule has 108 valence electrons. The molecule has 0 bridgehead atoms. The predicted octanol–water partition coefficient (Wildman–Crippen LogP) is 3.07. The number of benzene rings is 2. The summed E-state index contributed by atoms with van der Waals surface area (Å²) in [4.78, 5) is 12.1. The van der Waals surface area contributed by atoms with Gasteiger partial charge in [-0.1, -0.05) is 23.8 Å². The number of hydrogen-bond donors (Lipinski definition) is 3. The zero-order chi connectivity index (χ0) is 15.6. The van der Waals surface area contributed by atoms with Gasteiger partial charge < -0.3 is 16.2 Å². The van der Waals surface area contributed by atoms with Crippen LogP contribution in [0.2, 0.25) is 5.02 Å². The minimum Gasteiger partial charge on any atom is -0.508 e. The Hall–Kier alpha value is -2.18. The number of thiocarbonyl (C=S) groups is 1. The predicted molar refractivity (Wildman–Crippen MR) is 83.4 cm³/mol. The lowest BCUT2D eigenvalue weighted by atomic mass is 10.1. The van der Waals surface area contributed by atoms with Gasteiger partial charge in [-0.25, -0.2) is 4.39 Å². The van der Waals surface area contributed by atoms with Crippen LogP contribution in [0.4, 0.5) is 10.1 Å². The van der Waals surface area contributed by atoms with Crippen molar-refractivity contribution in [3.05, 3.63) is 58.4 Å². The van der Waals surface area contributed by atoms with Crippen molar-refractivity contribution < 1.29 is 14.3 Å². The monoisotopic (exact) mass is 324 g/mol. The van der Waals surface area contributed by atoms with E-state index in [-0.39, 0.29) is 27.0 Å². The quantitative estimate of drug-likeness (QED) is 0.758. The van der Waals surface area contributed by atoms with Gasteiger partial charge >= 0.3 is 0 Å². The summed E-state index contributed by atoms with van der Waals surface area (Å²) in [5.74, 6) is -1.43. The molecule has 0 heterocycles. The van der Waals surface area contributed by atoms with Crippen molar-refractivity contribution in [1.29, 1.82) is 0 Å². The summed E-state index contributed by atoms with van der Waals surface area (Å²) in [6.45, 7) is 0. The fourth-order valence-electron chi connectivity index (χ4n) is 1.65. The molecule has 7 heteroatoms. The highest BCUT2D eigenvalue weighted by molar-refractivity contribution is 7.80. The van der Waals surface area contributed by atoms with E-state index in [4.69, 9.17) is 29.6 Å². The van der Waals surface area contributed by atoms with E-state index in [9.17, 15) is 14.3 Å². The number of nitrogens with one attached hydrogen (secondary N) is 1. The van der Waals surface area contributed by atoms with Gasteiger partial charge in [-0.15, -0.1) is 0 Å². The van der Waals surface area contributed by atoms with Gasteiger partial charge in [0.05, 0.1) is 16.3 Å². The molecule has 1 amide bonds. The second kappa shape index (κ2) is 6.07. The fourth-order valence-corrected chi connectivity index (χ4v) is 1.98. The summed E-state index contributed by atoms with van der Waals surface area (Å²) in [7, 11) is 0. The van der Waals surface area contributed by atoms with E-state index in [0.29, 0.717) is 5.56 Å². The molecule has 2 rings (SSSR count). The summed E-state index contributed by atoms with van der Waals surface area (Å²) in [6.07, 6.45) is 0. The molecule has 0 fully saturated rings. The van der Waals surface area contributed by atoms with Crippen molar-refractivity contribution in [1.82, 2.24) is 0 Å². The topological polar surface area (TPSA) is 75.3 Å². The molecule has 2 aromatic carbocycles. The average Bonchev–Trinajstić information content (AvgIpc) is 2.43. The zero-order valence-electron chi connectivity index (χ0n) is 10.6. The highest BCUT2D eigenvalue weighted by Gasteiger charge is 2.14. The molecule has 0 aliphatic heterocycles. The van der Waals surface area contributed by atoms with E-state index in [2.05, 4.69) is 5.32 Å². The number of phenols is 1. The molecule has 0 aromatic heterocycles. The Labute approximate surface area is 130 Å². The van der Waals surface area contributed by atoms with Gasteiger partial charge in [-0.3, -0.25) is 4.79 Å². The van der Waals surface area contributed by atoms with Crippen LogP contribution in [-0.4, -0.2) is 16.0 Å². The summed E-state index contributed by atoms with van der Waals surface area (Å²) in [6, 6.07) is 7.87. The minimum absolute atomic E-state index is 0.0366. The van der Waals surface area contributed by atoms with Gasteiger partial charge in [0.2, 0.25) is 0 Å². The Morgan fingerprint density at radius 3 is 2.62 bits per heavy atom. The van der Waals surface area contributed by atoms with Crippen molar-refractivity contribution in [3.63, 3.8) is 0 Å². The lowest BCUT2D eigenvalue weighted by Crippen LogP contribution is -2.15. The molecule has 0 unspecified atom stereocenters. The Morgan fingerprint density at radius 2 is 2.00 bits per heavy atom. The van der Waals surface area contributed by atoms with Crippen molar-refractivity contribution in [2.24, 2.45) is 5.73 Å². The van der Waals surface area contributed by atoms with Crippen LogP contribution in [0, 0.1) is 5.82 Å².